The highest BCUT2D eigenvalue weighted by Gasteiger charge is 2.21. The lowest BCUT2D eigenvalue weighted by Crippen LogP contribution is -2.40. The van der Waals surface area contributed by atoms with Crippen molar-refractivity contribution in [3.63, 3.8) is 0 Å². The lowest BCUT2D eigenvalue weighted by Gasteiger charge is -2.31. The summed E-state index contributed by atoms with van der Waals surface area (Å²) in [5.74, 6) is 0.920. The Balaban J connectivity index is 1.56. The molecule has 2 N–H and O–H groups in total. The largest absolute Gasteiger partial charge is 0.356 e. The van der Waals surface area contributed by atoms with E-state index in [9.17, 15) is 4.79 Å². The van der Waals surface area contributed by atoms with Crippen molar-refractivity contribution >= 4 is 5.91 Å². The highest BCUT2D eigenvalue weighted by atomic mass is 16.1. The van der Waals surface area contributed by atoms with Crippen LogP contribution in [-0.2, 0) is 4.79 Å². The van der Waals surface area contributed by atoms with Gasteiger partial charge in [-0.1, -0.05) is 6.92 Å². The van der Waals surface area contributed by atoms with Gasteiger partial charge in [-0.25, -0.2) is 0 Å². The highest BCUT2D eigenvalue weighted by molar-refractivity contribution is 5.76. The van der Waals surface area contributed by atoms with E-state index in [4.69, 9.17) is 0 Å². The molecule has 110 valence electrons. The molecule has 0 saturated carbocycles. The Bertz CT molecular complexity index is 269. The van der Waals surface area contributed by atoms with Crippen LogP contribution in [0.5, 0.6) is 0 Å². The summed E-state index contributed by atoms with van der Waals surface area (Å²) < 4.78 is 0. The van der Waals surface area contributed by atoms with Crippen molar-refractivity contribution in [1.29, 1.82) is 0 Å². The van der Waals surface area contributed by atoms with Crippen LogP contribution >= 0.6 is 0 Å². The van der Waals surface area contributed by atoms with Crippen molar-refractivity contribution in [1.82, 2.24) is 15.5 Å². The molecule has 2 rings (SSSR count). The predicted molar refractivity (Wildman–Crippen MR) is 78.1 cm³/mol. The van der Waals surface area contributed by atoms with E-state index in [1.165, 1.54) is 45.3 Å². The van der Waals surface area contributed by atoms with Gasteiger partial charge in [0, 0.05) is 19.0 Å². The van der Waals surface area contributed by atoms with Gasteiger partial charge in [-0.15, -0.1) is 0 Å². The van der Waals surface area contributed by atoms with Gasteiger partial charge < -0.3 is 15.5 Å². The minimum Gasteiger partial charge on any atom is -0.356 e. The van der Waals surface area contributed by atoms with Crippen molar-refractivity contribution in [2.75, 3.05) is 32.7 Å². The van der Waals surface area contributed by atoms with E-state index in [1.807, 2.05) is 0 Å². The number of hydrogen-bond acceptors (Lipinski definition) is 3. The molecule has 4 nitrogen and oxygen atoms in total. The molecule has 2 aliphatic rings. The van der Waals surface area contributed by atoms with Crippen LogP contribution in [0.2, 0.25) is 0 Å². The maximum atomic E-state index is 11.8. The molecular formula is C15H29N3O. The third-order valence-electron chi connectivity index (χ3n) is 4.43. The molecule has 0 radical (unpaired) electrons. The first-order valence-corrected chi connectivity index (χ1v) is 8.00. The third kappa shape index (κ3) is 5.11. The molecule has 0 aliphatic carbocycles. The molecule has 0 bridgehead atoms. The minimum atomic E-state index is 0.232. The summed E-state index contributed by atoms with van der Waals surface area (Å²) >= 11 is 0. The molecule has 0 aromatic rings. The summed E-state index contributed by atoms with van der Waals surface area (Å²) in [5.41, 5.74) is 0. The van der Waals surface area contributed by atoms with E-state index in [1.54, 1.807) is 0 Å². The second-order valence-corrected chi connectivity index (χ2v) is 6.09. The van der Waals surface area contributed by atoms with E-state index in [0.717, 1.165) is 19.5 Å². The van der Waals surface area contributed by atoms with E-state index < -0.39 is 0 Å². The Kier molecular flexibility index (Phi) is 6.11. The molecule has 0 aromatic carbocycles. The number of nitrogens with zero attached hydrogens (tertiary/aromatic N) is 1. The molecule has 19 heavy (non-hydrogen) atoms. The summed E-state index contributed by atoms with van der Waals surface area (Å²) in [7, 11) is 0. The third-order valence-corrected chi connectivity index (χ3v) is 4.43. The second-order valence-electron chi connectivity index (χ2n) is 6.09. The number of carbonyl (C=O) groups is 1. The minimum absolute atomic E-state index is 0.232. The van der Waals surface area contributed by atoms with Crippen LogP contribution in [0.3, 0.4) is 0 Å². The van der Waals surface area contributed by atoms with Crippen LogP contribution in [0.25, 0.3) is 0 Å². The first-order chi connectivity index (χ1) is 9.28. The quantitative estimate of drug-likeness (QED) is 0.764. The van der Waals surface area contributed by atoms with Gasteiger partial charge in [0.05, 0.1) is 0 Å². The number of piperidine rings is 1. The first-order valence-electron chi connectivity index (χ1n) is 8.00. The number of amides is 1. The standard InChI is InChI=1S/C15H29N3O/c1-2-8-18-9-5-13(6-10-18)12-17-15(19)11-14-4-3-7-16-14/h13-14,16H,2-12H2,1H3,(H,17,19). The molecule has 1 atom stereocenters. The maximum absolute atomic E-state index is 11.8. The first kappa shape index (κ1) is 14.8. The van der Waals surface area contributed by atoms with Gasteiger partial charge >= 0.3 is 0 Å². The number of likely N-dealkylation sites (tertiary alicyclic amines) is 1. The van der Waals surface area contributed by atoms with Gasteiger partial charge in [0.1, 0.15) is 0 Å². The molecule has 0 aromatic heterocycles. The SMILES string of the molecule is CCCN1CCC(CNC(=O)CC2CCCN2)CC1. The monoisotopic (exact) mass is 267 g/mol. The molecule has 1 unspecified atom stereocenters. The van der Waals surface area contributed by atoms with Crippen molar-refractivity contribution in [3.8, 4) is 0 Å². The van der Waals surface area contributed by atoms with Crippen LogP contribution in [0.15, 0.2) is 0 Å². The van der Waals surface area contributed by atoms with Crippen LogP contribution in [0, 0.1) is 5.92 Å². The van der Waals surface area contributed by atoms with Crippen molar-refractivity contribution in [3.05, 3.63) is 0 Å². The van der Waals surface area contributed by atoms with Crippen molar-refractivity contribution < 1.29 is 4.79 Å². The Hall–Kier alpha value is -0.610. The van der Waals surface area contributed by atoms with E-state index in [2.05, 4.69) is 22.5 Å². The molecule has 2 fully saturated rings. The smallest absolute Gasteiger partial charge is 0.221 e. The normalized spacial score (nSPS) is 25.6. The van der Waals surface area contributed by atoms with Gasteiger partial charge in [0.25, 0.3) is 0 Å². The summed E-state index contributed by atoms with van der Waals surface area (Å²) in [6.45, 7) is 7.84. The average Bonchev–Trinajstić information content (AvgIpc) is 2.91. The topological polar surface area (TPSA) is 44.4 Å². The van der Waals surface area contributed by atoms with Crippen molar-refractivity contribution in [2.24, 2.45) is 5.92 Å². The van der Waals surface area contributed by atoms with E-state index >= 15 is 0 Å². The average molecular weight is 267 g/mol. The van der Waals surface area contributed by atoms with E-state index in [-0.39, 0.29) is 5.91 Å². The molecule has 1 amide bonds. The van der Waals surface area contributed by atoms with Gasteiger partial charge in [0.2, 0.25) is 5.91 Å². The fourth-order valence-electron chi connectivity index (χ4n) is 3.22. The highest BCUT2D eigenvalue weighted by Crippen LogP contribution is 2.16. The number of carbonyl (C=O) groups excluding carboxylic acids is 1. The summed E-state index contributed by atoms with van der Waals surface area (Å²) in [4.78, 5) is 14.4. The summed E-state index contributed by atoms with van der Waals surface area (Å²) in [6, 6.07) is 0.423. The summed E-state index contributed by atoms with van der Waals surface area (Å²) in [5, 5.41) is 6.51. The zero-order valence-corrected chi connectivity index (χ0v) is 12.3. The molecule has 2 saturated heterocycles. The Morgan fingerprint density at radius 3 is 2.74 bits per heavy atom. The van der Waals surface area contributed by atoms with E-state index in [0.29, 0.717) is 18.4 Å². The Morgan fingerprint density at radius 2 is 2.11 bits per heavy atom. The molecule has 2 heterocycles. The fraction of sp³-hybridized carbons (Fsp3) is 0.933. The van der Waals surface area contributed by atoms with Crippen LogP contribution in [0.4, 0.5) is 0 Å². The zero-order chi connectivity index (χ0) is 13.5. The van der Waals surface area contributed by atoms with Crippen LogP contribution in [0.1, 0.15) is 45.4 Å². The molecule has 2 aliphatic heterocycles. The molecule has 0 spiro atoms. The van der Waals surface area contributed by atoms with Gasteiger partial charge in [-0.3, -0.25) is 4.79 Å². The molecular weight excluding hydrogens is 238 g/mol. The van der Waals surface area contributed by atoms with Crippen LogP contribution < -0.4 is 10.6 Å². The lowest BCUT2D eigenvalue weighted by atomic mass is 9.96. The fourth-order valence-corrected chi connectivity index (χ4v) is 3.22. The lowest BCUT2D eigenvalue weighted by molar-refractivity contribution is -0.121. The number of nitrogens with one attached hydrogen (secondary N) is 2. The number of hydrogen-bond donors (Lipinski definition) is 2. The van der Waals surface area contributed by atoms with Crippen molar-refractivity contribution in [2.45, 2.75) is 51.5 Å². The van der Waals surface area contributed by atoms with Gasteiger partial charge in [-0.2, -0.15) is 0 Å². The summed E-state index contributed by atoms with van der Waals surface area (Å²) in [6.07, 6.45) is 6.76. The molecule has 4 heteroatoms. The zero-order valence-electron chi connectivity index (χ0n) is 12.3. The maximum Gasteiger partial charge on any atom is 0.221 e. The predicted octanol–water partition coefficient (Wildman–Crippen LogP) is 1.37. The van der Waals surface area contributed by atoms with Gasteiger partial charge in [-0.05, 0) is 64.2 Å². The number of rotatable bonds is 6. The van der Waals surface area contributed by atoms with Crippen LogP contribution in [-0.4, -0.2) is 49.6 Å². The van der Waals surface area contributed by atoms with Gasteiger partial charge in [0.15, 0.2) is 0 Å². The Morgan fingerprint density at radius 1 is 1.32 bits per heavy atom. The second kappa shape index (κ2) is 7.85. The Labute approximate surface area is 117 Å².